The van der Waals surface area contributed by atoms with E-state index in [0.717, 1.165) is 0 Å². The fourth-order valence-electron chi connectivity index (χ4n) is 4.45. The quantitative estimate of drug-likeness (QED) is 0.597. The summed E-state index contributed by atoms with van der Waals surface area (Å²) in [4.78, 5) is 30.8. The van der Waals surface area contributed by atoms with Gasteiger partial charge in [0.1, 0.15) is 17.2 Å². The van der Waals surface area contributed by atoms with Gasteiger partial charge >= 0.3 is 0 Å². The summed E-state index contributed by atoms with van der Waals surface area (Å²) in [6.07, 6.45) is -0.119. The van der Waals surface area contributed by atoms with E-state index in [2.05, 4.69) is 0 Å². The van der Waals surface area contributed by atoms with Crippen LogP contribution in [-0.2, 0) is 14.3 Å². The molecule has 0 aromatic heterocycles. The summed E-state index contributed by atoms with van der Waals surface area (Å²) in [6.45, 7) is 9.78. The molecule has 7 heteroatoms. The Morgan fingerprint density at radius 1 is 0.879 bits per heavy atom. The lowest BCUT2D eigenvalue weighted by atomic mass is 10.0. The molecule has 0 radical (unpaired) electrons. The SMILES string of the molecule is CCOc1ccc(C2=C(N3CC(C)OC(C)C3)C(=O)N(c3ccccc3OCC)C2=O)cc1. The Morgan fingerprint density at radius 3 is 2.15 bits per heavy atom. The largest absolute Gasteiger partial charge is 0.494 e. The summed E-state index contributed by atoms with van der Waals surface area (Å²) < 4.78 is 17.2. The monoisotopic (exact) mass is 450 g/mol. The van der Waals surface area contributed by atoms with Crippen LogP contribution in [0.1, 0.15) is 33.3 Å². The van der Waals surface area contributed by atoms with Gasteiger partial charge in [0.2, 0.25) is 0 Å². The molecule has 2 atom stereocenters. The van der Waals surface area contributed by atoms with E-state index in [-0.39, 0.29) is 24.0 Å². The minimum absolute atomic E-state index is 0.0597. The molecule has 1 saturated heterocycles. The molecule has 0 aliphatic carbocycles. The molecule has 0 N–H and O–H groups in total. The van der Waals surface area contributed by atoms with Crippen LogP contribution >= 0.6 is 0 Å². The first-order valence-corrected chi connectivity index (χ1v) is 11.4. The number of benzene rings is 2. The molecule has 33 heavy (non-hydrogen) atoms. The van der Waals surface area contributed by atoms with Gasteiger partial charge in [0.15, 0.2) is 0 Å². The van der Waals surface area contributed by atoms with Gasteiger partial charge in [-0.2, -0.15) is 0 Å². The molecular formula is C26H30N2O5. The molecule has 2 unspecified atom stereocenters. The Bertz CT molecular complexity index is 1050. The van der Waals surface area contributed by atoms with Crippen molar-refractivity contribution in [3.8, 4) is 11.5 Å². The van der Waals surface area contributed by atoms with Crippen molar-refractivity contribution >= 4 is 23.1 Å². The van der Waals surface area contributed by atoms with Crippen molar-refractivity contribution in [3.05, 3.63) is 59.8 Å². The number of ether oxygens (including phenoxy) is 3. The second kappa shape index (κ2) is 9.67. The topological polar surface area (TPSA) is 68.3 Å². The summed E-state index contributed by atoms with van der Waals surface area (Å²) in [5.41, 5.74) is 1.91. The Kier molecular flexibility index (Phi) is 6.70. The van der Waals surface area contributed by atoms with Crippen LogP contribution in [0.25, 0.3) is 5.57 Å². The van der Waals surface area contributed by atoms with Crippen molar-refractivity contribution in [3.63, 3.8) is 0 Å². The number of amides is 2. The predicted octanol–water partition coefficient (Wildman–Crippen LogP) is 3.88. The predicted molar refractivity (Wildman–Crippen MR) is 126 cm³/mol. The average molecular weight is 451 g/mol. The van der Waals surface area contributed by atoms with E-state index in [1.54, 1.807) is 18.2 Å². The number of imide groups is 1. The highest BCUT2D eigenvalue weighted by molar-refractivity contribution is 6.45. The Balaban J connectivity index is 1.81. The molecule has 7 nitrogen and oxygen atoms in total. The van der Waals surface area contributed by atoms with Gasteiger partial charge < -0.3 is 19.1 Å². The van der Waals surface area contributed by atoms with E-state index in [9.17, 15) is 9.59 Å². The summed E-state index contributed by atoms with van der Waals surface area (Å²) in [7, 11) is 0. The first-order chi connectivity index (χ1) is 15.9. The molecule has 0 bridgehead atoms. The van der Waals surface area contributed by atoms with Crippen LogP contribution in [0, 0.1) is 0 Å². The van der Waals surface area contributed by atoms with E-state index >= 15 is 0 Å². The van der Waals surface area contributed by atoms with E-state index in [0.29, 0.717) is 60.3 Å². The van der Waals surface area contributed by atoms with Crippen LogP contribution in [0.2, 0.25) is 0 Å². The molecule has 0 spiro atoms. The highest BCUT2D eigenvalue weighted by Gasteiger charge is 2.44. The molecule has 174 valence electrons. The molecule has 1 fully saturated rings. The van der Waals surface area contributed by atoms with Gasteiger partial charge in [-0.25, -0.2) is 4.90 Å². The van der Waals surface area contributed by atoms with Gasteiger partial charge in [0.05, 0.1) is 36.7 Å². The Morgan fingerprint density at radius 2 is 1.52 bits per heavy atom. The van der Waals surface area contributed by atoms with Crippen LogP contribution in [-0.4, -0.2) is 55.2 Å². The molecule has 0 saturated carbocycles. The number of hydrogen-bond acceptors (Lipinski definition) is 6. The number of carbonyl (C=O) groups is 2. The van der Waals surface area contributed by atoms with Crippen molar-refractivity contribution in [1.82, 2.24) is 4.90 Å². The van der Waals surface area contributed by atoms with Gasteiger partial charge in [0, 0.05) is 13.1 Å². The van der Waals surface area contributed by atoms with Crippen molar-refractivity contribution in [1.29, 1.82) is 0 Å². The zero-order valence-electron chi connectivity index (χ0n) is 19.5. The highest BCUT2D eigenvalue weighted by atomic mass is 16.5. The molecule has 2 aliphatic heterocycles. The third-order valence-corrected chi connectivity index (χ3v) is 5.66. The number of carbonyl (C=O) groups excluding carboxylic acids is 2. The summed E-state index contributed by atoms with van der Waals surface area (Å²) in [6, 6.07) is 14.4. The molecule has 2 aliphatic rings. The van der Waals surface area contributed by atoms with Crippen LogP contribution in [0.5, 0.6) is 11.5 Å². The third-order valence-electron chi connectivity index (χ3n) is 5.66. The Labute approximate surface area is 194 Å². The van der Waals surface area contributed by atoms with Crippen molar-refractivity contribution in [2.45, 2.75) is 39.9 Å². The molecule has 2 heterocycles. The normalized spacial score (nSPS) is 21.1. The van der Waals surface area contributed by atoms with E-state index in [4.69, 9.17) is 14.2 Å². The van der Waals surface area contributed by atoms with Crippen molar-refractivity contribution in [2.75, 3.05) is 31.2 Å². The van der Waals surface area contributed by atoms with E-state index in [1.165, 1.54) is 4.90 Å². The fraction of sp³-hybridized carbons (Fsp3) is 0.385. The van der Waals surface area contributed by atoms with E-state index in [1.807, 2.05) is 62.9 Å². The van der Waals surface area contributed by atoms with Crippen molar-refractivity contribution in [2.24, 2.45) is 0 Å². The van der Waals surface area contributed by atoms with Gasteiger partial charge in [-0.15, -0.1) is 0 Å². The van der Waals surface area contributed by atoms with Crippen LogP contribution in [0.15, 0.2) is 54.2 Å². The third kappa shape index (κ3) is 4.46. The maximum atomic E-state index is 13.8. The highest BCUT2D eigenvalue weighted by Crippen LogP contribution is 2.39. The number of rotatable bonds is 7. The lowest BCUT2D eigenvalue weighted by molar-refractivity contribution is -0.121. The second-order valence-electron chi connectivity index (χ2n) is 8.19. The lowest BCUT2D eigenvalue weighted by Crippen LogP contribution is -2.47. The zero-order valence-corrected chi connectivity index (χ0v) is 19.5. The van der Waals surface area contributed by atoms with Gasteiger partial charge in [0.25, 0.3) is 11.8 Å². The first-order valence-electron chi connectivity index (χ1n) is 11.4. The molecule has 2 amide bonds. The average Bonchev–Trinajstić information content (AvgIpc) is 3.04. The number of hydrogen-bond donors (Lipinski definition) is 0. The minimum Gasteiger partial charge on any atom is -0.494 e. The zero-order chi connectivity index (χ0) is 23.5. The van der Waals surface area contributed by atoms with Crippen LogP contribution in [0.4, 0.5) is 5.69 Å². The number of nitrogens with zero attached hydrogens (tertiary/aromatic N) is 2. The first kappa shape index (κ1) is 22.9. The summed E-state index contributed by atoms with van der Waals surface area (Å²) >= 11 is 0. The summed E-state index contributed by atoms with van der Waals surface area (Å²) in [5.74, 6) is 0.500. The lowest BCUT2D eigenvalue weighted by Gasteiger charge is -2.37. The molecular weight excluding hydrogens is 420 g/mol. The number of para-hydroxylation sites is 2. The summed E-state index contributed by atoms with van der Waals surface area (Å²) in [5, 5.41) is 0. The maximum Gasteiger partial charge on any atom is 0.282 e. The standard InChI is InChI=1S/C26H30N2O5/c1-5-31-20-13-11-19(12-14-20)23-24(27-15-17(3)33-18(4)16-27)26(30)28(25(23)29)21-9-7-8-10-22(21)32-6-2/h7-14,17-18H,5-6,15-16H2,1-4H3. The van der Waals surface area contributed by atoms with Crippen LogP contribution in [0.3, 0.4) is 0 Å². The van der Waals surface area contributed by atoms with Gasteiger partial charge in [-0.05, 0) is 57.5 Å². The molecule has 4 rings (SSSR count). The fourth-order valence-corrected chi connectivity index (χ4v) is 4.45. The number of anilines is 1. The van der Waals surface area contributed by atoms with Gasteiger partial charge in [-0.1, -0.05) is 24.3 Å². The number of morpholine rings is 1. The second-order valence-corrected chi connectivity index (χ2v) is 8.19. The molecule has 2 aromatic rings. The Hall–Kier alpha value is -3.32. The van der Waals surface area contributed by atoms with Gasteiger partial charge in [-0.3, -0.25) is 9.59 Å². The van der Waals surface area contributed by atoms with Crippen LogP contribution < -0.4 is 14.4 Å². The smallest absolute Gasteiger partial charge is 0.282 e. The minimum atomic E-state index is -0.363. The van der Waals surface area contributed by atoms with Crippen molar-refractivity contribution < 1.29 is 23.8 Å². The van der Waals surface area contributed by atoms with E-state index < -0.39 is 0 Å². The maximum absolute atomic E-state index is 13.8. The molecule has 2 aromatic carbocycles.